The number of carbonyl (C=O) groups excluding carboxylic acids is 2. The Bertz CT molecular complexity index is 847. The Balaban J connectivity index is 1.47. The number of amides is 1. The maximum absolute atomic E-state index is 12.0. The Morgan fingerprint density at radius 3 is 2.64 bits per heavy atom. The molecular formula is C22H23NO5. The van der Waals surface area contributed by atoms with Crippen LogP contribution in [-0.2, 0) is 14.3 Å². The zero-order chi connectivity index (χ0) is 19.8. The fourth-order valence-corrected chi connectivity index (χ4v) is 2.74. The van der Waals surface area contributed by atoms with Gasteiger partial charge in [0.05, 0.1) is 19.3 Å². The number of benzene rings is 2. The van der Waals surface area contributed by atoms with Crippen molar-refractivity contribution in [3.63, 3.8) is 0 Å². The minimum absolute atomic E-state index is 0.162. The summed E-state index contributed by atoms with van der Waals surface area (Å²) in [5.41, 5.74) is 1.76. The molecular weight excluding hydrogens is 358 g/mol. The summed E-state index contributed by atoms with van der Waals surface area (Å²) in [5, 5.41) is 2.79. The van der Waals surface area contributed by atoms with E-state index in [1.54, 1.807) is 12.1 Å². The summed E-state index contributed by atoms with van der Waals surface area (Å²) in [6, 6.07) is 14.9. The number of hydrogen-bond donors (Lipinski definition) is 1. The van der Waals surface area contributed by atoms with Crippen LogP contribution in [0.3, 0.4) is 0 Å². The van der Waals surface area contributed by atoms with Crippen LogP contribution in [0.25, 0.3) is 6.08 Å². The van der Waals surface area contributed by atoms with E-state index >= 15 is 0 Å². The number of fused-ring (bicyclic) bond motifs is 1. The van der Waals surface area contributed by atoms with Crippen LogP contribution in [0.1, 0.15) is 30.5 Å². The molecule has 1 heterocycles. The lowest BCUT2D eigenvalue weighted by atomic mass is 10.1. The summed E-state index contributed by atoms with van der Waals surface area (Å²) < 4.78 is 16.2. The van der Waals surface area contributed by atoms with Crippen LogP contribution < -0.4 is 14.8 Å². The number of carbonyl (C=O) groups is 2. The molecule has 0 unspecified atom stereocenters. The van der Waals surface area contributed by atoms with E-state index < -0.39 is 5.97 Å². The van der Waals surface area contributed by atoms with Crippen molar-refractivity contribution < 1.29 is 23.8 Å². The van der Waals surface area contributed by atoms with E-state index in [1.807, 2.05) is 49.4 Å². The zero-order valence-electron chi connectivity index (χ0n) is 15.7. The lowest BCUT2D eigenvalue weighted by molar-refractivity contribution is -0.144. The van der Waals surface area contributed by atoms with Crippen molar-refractivity contribution in [2.45, 2.75) is 19.4 Å². The van der Waals surface area contributed by atoms with Crippen LogP contribution in [0, 0.1) is 0 Å². The van der Waals surface area contributed by atoms with Crippen LogP contribution in [0.2, 0.25) is 0 Å². The molecule has 1 amide bonds. The van der Waals surface area contributed by atoms with E-state index in [1.165, 1.54) is 6.08 Å². The minimum atomic E-state index is -0.588. The molecule has 0 aliphatic carbocycles. The van der Waals surface area contributed by atoms with Crippen molar-refractivity contribution in [3.8, 4) is 11.5 Å². The van der Waals surface area contributed by atoms with Gasteiger partial charge in [-0.25, -0.2) is 4.79 Å². The van der Waals surface area contributed by atoms with E-state index in [0.29, 0.717) is 24.7 Å². The van der Waals surface area contributed by atoms with E-state index in [9.17, 15) is 9.59 Å². The smallest absolute Gasteiger partial charge is 0.331 e. The summed E-state index contributed by atoms with van der Waals surface area (Å²) in [5.74, 6) is 0.409. The molecule has 0 spiro atoms. The van der Waals surface area contributed by atoms with Gasteiger partial charge in [-0.2, -0.15) is 0 Å². The molecule has 0 fully saturated rings. The molecule has 0 saturated heterocycles. The van der Waals surface area contributed by atoms with Gasteiger partial charge in [-0.15, -0.1) is 0 Å². The Hall–Kier alpha value is -3.28. The second-order valence-electron chi connectivity index (χ2n) is 6.40. The first-order chi connectivity index (χ1) is 13.6. The van der Waals surface area contributed by atoms with Gasteiger partial charge in [-0.3, -0.25) is 4.79 Å². The lowest BCUT2D eigenvalue weighted by Gasteiger charge is -2.14. The summed E-state index contributed by atoms with van der Waals surface area (Å²) in [4.78, 5) is 23.8. The monoisotopic (exact) mass is 381 g/mol. The van der Waals surface area contributed by atoms with Crippen molar-refractivity contribution in [2.75, 3.05) is 19.8 Å². The van der Waals surface area contributed by atoms with E-state index in [-0.39, 0.29) is 18.6 Å². The predicted octanol–water partition coefficient (Wildman–Crippen LogP) is 3.28. The van der Waals surface area contributed by atoms with Crippen LogP contribution in [0.5, 0.6) is 11.5 Å². The summed E-state index contributed by atoms with van der Waals surface area (Å²) in [6.45, 7) is 2.76. The largest absolute Gasteiger partial charge is 0.490 e. The van der Waals surface area contributed by atoms with Gasteiger partial charge >= 0.3 is 5.97 Å². The van der Waals surface area contributed by atoms with E-state index in [4.69, 9.17) is 14.2 Å². The van der Waals surface area contributed by atoms with Crippen molar-refractivity contribution in [1.82, 2.24) is 5.32 Å². The van der Waals surface area contributed by atoms with Gasteiger partial charge in [0.1, 0.15) is 0 Å². The molecule has 146 valence electrons. The Kier molecular flexibility index (Phi) is 6.68. The van der Waals surface area contributed by atoms with Crippen LogP contribution in [0.15, 0.2) is 54.6 Å². The molecule has 0 radical (unpaired) electrons. The molecule has 0 aromatic heterocycles. The second-order valence-corrected chi connectivity index (χ2v) is 6.40. The van der Waals surface area contributed by atoms with Crippen molar-refractivity contribution in [2.24, 2.45) is 0 Å². The standard InChI is InChI=1S/C22H23NO5/c1-16(18-6-3-2-4-7-18)23-21(24)15-28-22(25)11-9-17-8-10-19-20(14-17)27-13-5-12-26-19/h2-4,6-11,14,16H,5,12-13,15H2,1H3,(H,23,24)/b11-9+/t16-/m0/s1. The fourth-order valence-electron chi connectivity index (χ4n) is 2.74. The third-order valence-electron chi connectivity index (χ3n) is 4.21. The third-order valence-corrected chi connectivity index (χ3v) is 4.21. The Morgan fingerprint density at radius 1 is 1.11 bits per heavy atom. The fraction of sp³-hybridized carbons (Fsp3) is 0.273. The molecule has 2 aromatic rings. The molecule has 1 N–H and O–H groups in total. The number of hydrogen-bond acceptors (Lipinski definition) is 5. The van der Waals surface area contributed by atoms with Gasteiger partial charge in [0.15, 0.2) is 18.1 Å². The Labute approximate surface area is 164 Å². The molecule has 1 atom stereocenters. The predicted molar refractivity (Wildman–Crippen MR) is 105 cm³/mol. The molecule has 1 aliphatic rings. The van der Waals surface area contributed by atoms with Crippen molar-refractivity contribution >= 4 is 18.0 Å². The first kappa shape index (κ1) is 19.5. The SMILES string of the molecule is C[C@H](NC(=O)COC(=O)/C=C/c1ccc2c(c1)OCCCO2)c1ccccc1. The summed E-state index contributed by atoms with van der Waals surface area (Å²) >= 11 is 0. The summed E-state index contributed by atoms with van der Waals surface area (Å²) in [6.07, 6.45) is 3.73. The van der Waals surface area contributed by atoms with Gasteiger partial charge < -0.3 is 19.5 Å². The first-order valence-corrected chi connectivity index (χ1v) is 9.20. The average molecular weight is 381 g/mol. The second kappa shape index (κ2) is 9.60. The van der Waals surface area contributed by atoms with Crippen molar-refractivity contribution in [1.29, 1.82) is 0 Å². The maximum atomic E-state index is 12.0. The molecule has 0 bridgehead atoms. The molecule has 2 aromatic carbocycles. The van der Waals surface area contributed by atoms with Gasteiger partial charge in [0.2, 0.25) is 0 Å². The lowest BCUT2D eigenvalue weighted by Crippen LogP contribution is -2.30. The topological polar surface area (TPSA) is 73.9 Å². The molecule has 0 saturated carbocycles. The quantitative estimate of drug-likeness (QED) is 0.614. The average Bonchev–Trinajstić information content (AvgIpc) is 2.96. The number of nitrogens with one attached hydrogen (secondary N) is 1. The summed E-state index contributed by atoms with van der Waals surface area (Å²) in [7, 11) is 0. The van der Waals surface area contributed by atoms with Crippen LogP contribution in [0.4, 0.5) is 0 Å². The van der Waals surface area contributed by atoms with Gasteiger partial charge in [0, 0.05) is 12.5 Å². The van der Waals surface area contributed by atoms with Crippen LogP contribution >= 0.6 is 0 Å². The number of rotatable bonds is 6. The molecule has 6 heteroatoms. The maximum Gasteiger partial charge on any atom is 0.331 e. The number of esters is 1. The highest BCUT2D eigenvalue weighted by Gasteiger charge is 2.12. The third kappa shape index (κ3) is 5.61. The number of ether oxygens (including phenoxy) is 3. The molecule has 6 nitrogen and oxygen atoms in total. The molecule has 28 heavy (non-hydrogen) atoms. The van der Waals surface area contributed by atoms with E-state index in [0.717, 1.165) is 17.5 Å². The molecule has 1 aliphatic heterocycles. The van der Waals surface area contributed by atoms with E-state index in [2.05, 4.69) is 5.32 Å². The zero-order valence-corrected chi connectivity index (χ0v) is 15.7. The van der Waals surface area contributed by atoms with Gasteiger partial charge in [0.25, 0.3) is 5.91 Å². The molecule has 3 rings (SSSR count). The van der Waals surface area contributed by atoms with Crippen LogP contribution in [-0.4, -0.2) is 31.7 Å². The Morgan fingerprint density at radius 2 is 1.86 bits per heavy atom. The highest BCUT2D eigenvalue weighted by Crippen LogP contribution is 2.30. The van der Waals surface area contributed by atoms with Crippen molar-refractivity contribution in [3.05, 3.63) is 65.7 Å². The minimum Gasteiger partial charge on any atom is -0.490 e. The normalized spacial score (nSPS) is 14.2. The van der Waals surface area contributed by atoms with Gasteiger partial charge in [-0.1, -0.05) is 36.4 Å². The van der Waals surface area contributed by atoms with Gasteiger partial charge in [-0.05, 0) is 36.3 Å². The highest BCUT2D eigenvalue weighted by molar-refractivity contribution is 5.89. The first-order valence-electron chi connectivity index (χ1n) is 9.20. The highest BCUT2D eigenvalue weighted by atomic mass is 16.5.